The number of ketones is 2. The number of anilines is 1. The lowest BCUT2D eigenvalue weighted by molar-refractivity contribution is -0.120. The van der Waals surface area contributed by atoms with Gasteiger partial charge in [0.25, 0.3) is 0 Å². The molecule has 0 N–H and O–H groups in total. The van der Waals surface area contributed by atoms with E-state index in [0.717, 1.165) is 16.8 Å². The average molecular weight is 488 g/mol. The largest absolute Gasteiger partial charge is 0.497 e. The fraction of sp³-hybridized carbons (Fsp3) is 0.156. The van der Waals surface area contributed by atoms with Crippen LogP contribution < -0.4 is 9.64 Å². The molecule has 1 fully saturated rings. The summed E-state index contributed by atoms with van der Waals surface area (Å²) in [4.78, 5) is 43.9. The number of carbonyl (C=O) groups is 3. The zero-order valence-corrected chi connectivity index (χ0v) is 20.3. The van der Waals surface area contributed by atoms with Crippen molar-refractivity contribution in [3.63, 3.8) is 0 Å². The third-order valence-electron chi connectivity index (χ3n) is 7.63. The molecule has 5 heteroatoms. The molecule has 4 aromatic carbocycles. The van der Waals surface area contributed by atoms with Crippen LogP contribution in [0.15, 0.2) is 109 Å². The Morgan fingerprint density at radius 1 is 0.730 bits per heavy atom. The summed E-state index contributed by atoms with van der Waals surface area (Å²) in [6.45, 7) is 0.369. The summed E-state index contributed by atoms with van der Waals surface area (Å²) in [5.74, 6) is -1.52. The van der Waals surface area contributed by atoms with Crippen molar-refractivity contribution >= 4 is 23.2 Å². The first-order valence-corrected chi connectivity index (χ1v) is 12.3. The van der Waals surface area contributed by atoms with Gasteiger partial charge in [-0.25, -0.2) is 0 Å². The molecule has 1 amide bonds. The number of rotatable bonds is 7. The second kappa shape index (κ2) is 8.86. The average Bonchev–Trinajstić information content (AvgIpc) is 3.60. The van der Waals surface area contributed by atoms with E-state index >= 15 is 0 Å². The molecular formula is C32H25NO4. The van der Waals surface area contributed by atoms with Crippen molar-refractivity contribution < 1.29 is 19.1 Å². The highest BCUT2D eigenvalue weighted by Gasteiger charge is 2.79. The molecule has 0 radical (unpaired) electrons. The van der Waals surface area contributed by atoms with Gasteiger partial charge in [-0.3, -0.25) is 14.4 Å². The van der Waals surface area contributed by atoms with E-state index in [9.17, 15) is 14.4 Å². The van der Waals surface area contributed by atoms with Crippen LogP contribution in [0.5, 0.6) is 5.75 Å². The molecule has 6 rings (SSSR count). The fourth-order valence-corrected chi connectivity index (χ4v) is 5.85. The van der Waals surface area contributed by atoms with Gasteiger partial charge in [-0.2, -0.15) is 0 Å². The minimum absolute atomic E-state index is 0.183. The van der Waals surface area contributed by atoms with E-state index in [2.05, 4.69) is 0 Å². The number of ether oxygens (including phenoxy) is 1. The van der Waals surface area contributed by atoms with Gasteiger partial charge < -0.3 is 9.64 Å². The fourth-order valence-electron chi connectivity index (χ4n) is 5.85. The Morgan fingerprint density at radius 3 is 1.89 bits per heavy atom. The van der Waals surface area contributed by atoms with E-state index in [-0.39, 0.29) is 17.5 Å². The first kappa shape index (κ1) is 22.9. The van der Waals surface area contributed by atoms with Crippen LogP contribution in [0.25, 0.3) is 0 Å². The van der Waals surface area contributed by atoms with Crippen molar-refractivity contribution in [1.29, 1.82) is 0 Å². The van der Waals surface area contributed by atoms with Gasteiger partial charge in [0.1, 0.15) is 5.75 Å². The van der Waals surface area contributed by atoms with Crippen LogP contribution in [0.2, 0.25) is 0 Å². The maximum Gasteiger partial charge on any atom is 0.239 e. The number of nitrogens with zero attached hydrogens (tertiary/aromatic N) is 1. The molecule has 0 aromatic heterocycles. The van der Waals surface area contributed by atoms with Crippen molar-refractivity contribution in [1.82, 2.24) is 0 Å². The summed E-state index contributed by atoms with van der Waals surface area (Å²) < 4.78 is 5.24. The minimum atomic E-state index is -1.23. The molecule has 1 spiro atoms. The molecule has 2 aliphatic rings. The number of amides is 1. The topological polar surface area (TPSA) is 63.7 Å². The van der Waals surface area contributed by atoms with Crippen LogP contribution >= 0.6 is 0 Å². The molecule has 1 saturated carbocycles. The highest BCUT2D eigenvalue weighted by Crippen LogP contribution is 2.67. The third kappa shape index (κ3) is 3.50. The summed E-state index contributed by atoms with van der Waals surface area (Å²) in [6, 6.07) is 33.1. The van der Waals surface area contributed by atoms with Crippen molar-refractivity contribution in [2.45, 2.75) is 12.0 Å². The number of para-hydroxylation sites is 1. The summed E-state index contributed by atoms with van der Waals surface area (Å²) >= 11 is 0. The third-order valence-corrected chi connectivity index (χ3v) is 7.63. The first-order chi connectivity index (χ1) is 18.1. The molecule has 1 aliphatic heterocycles. The highest BCUT2D eigenvalue weighted by atomic mass is 16.5. The number of Topliss-reactive ketones (excluding diaryl/α,β-unsaturated/α-hetero) is 2. The van der Waals surface area contributed by atoms with Gasteiger partial charge in [0.05, 0.1) is 30.9 Å². The lowest BCUT2D eigenvalue weighted by Gasteiger charge is -2.18. The maximum atomic E-state index is 14.3. The second-order valence-corrected chi connectivity index (χ2v) is 9.54. The van der Waals surface area contributed by atoms with Gasteiger partial charge in [-0.1, -0.05) is 78.9 Å². The summed E-state index contributed by atoms with van der Waals surface area (Å²) in [6.07, 6.45) is 0. The number of hydrogen-bond acceptors (Lipinski definition) is 4. The Bertz CT molecular complexity index is 1500. The lowest BCUT2D eigenvalue weighted by atomic mass is 9.90. The number of methoxy groups -OCH3 is 1. The predicted octanol–water partition coefficient (Wildman–Crippen LogP) is 5.49. The van der Waals surface area contributed by atoms with Crippen LogP contribution in [0.1, 0.15) is 31.8 Å². The van der Waals surface area contributed by atoms with Gasteiger partial charge >= 0.3 is 0 Å². The molecule has 0 bridgehead atoms. The van der Waals surface area contributed by atoms with Crippen molar-refractivity contribution in [3.05, 3.63) is 131 Å². The van der Waals surface area contributed by atoms with Crippen molar-refractivity contribution in [2.24, 2.45) is 11.8 Å². The van der Waals surface area contributed by atoms with E-state index in [1.54, 1.807) is 60.5 Å². The highest BCUT2D eigenvalue weighted by molar-refractivity contribution is 6.23. The van der Waals surface area contributed by atoms with Gasteiger partial charge in [-0.15, -0.1) is 0 Å². The SMILES string of the molecule is COc1ccc(C(=O)[C@H]2[C@H](C(=O)c3ccccc3)[C@]23C(=O)N(Cc2ccccc2)c2ccccc23)cc1. The van der Waals surface area contributed by atoms with E-state index in [4.69, 9.17) is 4.74 Å². The molecule has 0 saturated heterocycles. The zero-order valence-electron chi connectivity index (χ0n) is 20.3. The Kier molecular flexibility index (Phi) is 5.49. The lowest BCUT2D eigenvalue weighted by Crippen LogP contribution is -2.35. The summed E-state index contributed by atoms with van der Waals surface area (Å²) in [5, 5.41) is 0. The number of fused-ring (bicyclic) bond motifs is 2. The van der Waals surface area contributed by atoms with Gasteiger partial charge in [0.2, 0.25) is 5.91 Å². The maximum absolute atomic E-state index is 14.3. The van der Waals surface area contributed by atoms with Crippen LogP contribution in [-0.4, -0.2) is 24.6 Å². The monoisotopic (exact) mass is 487 g/mol. The zero-order chi connectivity index (χ0) is 25.6. The van der Waals surface area contributed by atoms with Crippen LogP contribution in [-0.2, 0) is 16.8 Å². The number of hydrogen-bond donors (Lipinski definition) is 0. The first-order valence-electron chi connectivity index (χ1n) is 12.3. The van der Waals surface area contributed by atoms with E-state index < -0.39 is 17.3 Å². The summed E-state index contributed by atoms with van der Waals surface area (Å²) in [7, 11) is 1.57. The molecule has 0 unspecified atom stereocenters. The second-order valence-electron chi connectivity index (χ2n) is 9.54. The molecular weight excluding hydrogens is 462 g/mol. The Morgan fingerprint density at radius 2 is 1.27 bits per heavy atom. The van der Waals surface area contributed by atoms with Crippen LogP contribution in [0, 0.1) is 11.8 Å². The molecule has 182 valence electrons. The van der Waals surface area contributed by atoms with Gasteiger partial charge in [0.15, 0.2) is 11.6 Å². The van der Waals surface area contributed by atoms with E-state index in [1.807, 2.05) is 60.7 Å². The predicted molar refractivity (Wildman–Crippen MR) is 141 cm³/mol. The van der Waals surface area contributed by atoms with Crippen molar-refractivity contribution in [2.75, 3.05) is 12.0 Å². The Hall–Kier alpha value is -4.51. The van der Waals surface area contributed by atoms with Crippen LogP contribution in [0.4, 0.5) is 5.69 Å². The van der Waals surface area contributed by atoms with Crippen molar-refractivity contribution in [3.8, 4) is 5.75 Å². The number of benzene rings is 4. The van der Waals surface area contributed by atoms with E-state index in [0.29, 0.717) is 23.4 Å². The molecule has 1 heterocycles. The number of carbonyl (C=O) groups excluding carboxylic acids is 3. The molecule has 4 aromatic rings. The van der Waals surface area contributed by atoms with Gasteiger partial charge in [0, 0.05) is 16.8 Å². The van der Waals surface area contributed by atoms with Crippen LogP contribution in [0.3, 0.4) is 0 Å². The minimum Gasteiger partial charge on any atom is -0.497 e. The molecule has 5 nitrogen and oxygen atoms in total. The Labute approximate surface area is 215 Å². The quantitative estimate of drug-likeness (QED) is 0.323. The van der Waals surface area contributed by atoms with E-state index in [1.165, 1.54) is 0 Å². The normalized spacial score (nSPS) is 21.5. The molecule has 3 atom stereocenters. The van der Waals surface area contributed by atoms with Gasteiger partial charge in [-0.05, 0) is 41.5 Å². The summed E-state index contributed by atoms with van der Waals surface area (Å²) in [5.41, 5.74) is 2.22. The standard InChI is InChI=1S/C32H25NO4/c1-37-24-18-16-23(17-19-24)30(35)28-27(29(34)22-12-6-3-7-13-22)32(28)25-14-8-9-15-26(25)33(31(32)36)20-21-10-4-2-5-11-21/h2-19,27-28H,20H2,1H3/t27-,28-,32+/m1/s1. The Balaban J connectivity index is 1.47. The smallest absolute Gasteiger partial charge is 0.239 e. The molecule has 37 heavy (non-hydrogen) atoms. The molecule has 1 aliphatic carbocycles.